The number of rotatable bonds is 6. The van der Waals surface area contributed by atoms with Crippen molar-refractivity contribution >= 4 is 28.5 Å². The zero-order valence-corrected chi connectivity index (χ0v) is 16.0. The molecule has 6 heteroatoms. The molecule has 0 fully saturated rings. The third-order valence-corrected chi connectivity index (χ3v) is 4.47. The van der Waals surface area contributed by atoms with Gasteiger partial charge in [-0.25, -0.2) is 0 Å². The number of amides is 1. The summed E-state index contributed by atoms with van der Waals surface area (Å²) in [4.78, 5) is 16.3. The van der Waals surface area contributed by atoms with Crippen molar-refractivity contribution in [1.29, 1.82) is 0 Å². The van der Waals surface area contributed by atoms with Crippen LogP contribution >= 0.6 is 22.6 Å². The van der Waals surface area contributed by atoms with Gasteiger partial charge < -0.3 is 9.84 Å². The molecular weight excluding hydrogens is 429 g/mol. The molecule has 0 unspecified atom stereocenters. The smallest absolute Gasteiger partial charge is 0.227 e. The number of benzene rings is 2. The Morgan fingerprint density at radius 2 is 1.84 bits per heavy atom. The summed E-state index contributed by atoms with van der Waals surface area (Å²) in [6.45, 7) is 2.56. The van der Waals surface area contributed by atoms with Crippen LogP contribution < -0.4 is 5.32 Å². The third kappa shape index (κ3) is 5.12. The van der Waals surface area contributed by atoms with Gasteiger partial charge in [0.1, 0.15) is 0 Å². The van der Waals surface area contributed by atoms with E-state index in [1.54, 1.807) is 0 Å². The van der Waals surface area contributed by atoms with Gasteiger partial charge in [-0.05, 0) is 47.2 Å². The monoisotopic (exact) mass is 447 g/mol. The van der Waals surface area contributed by atoms with Crippen LogP contribution in [0.5, 0.6) is 0 Å². The topological polar surface area (TPSA) is 68.0 Å². The molecule has 0 saturated heterocycles. The Morgan fingerprint density at radius 1 is 1.12 bits per heavy atom. The van der Waals surface area contributed by atoms with Crippen molar-refractivity contribution in [3.05, 3.63) is 69.1 Å². The number of halogens is 1. The Hall–Kier alpha value is -2.22. The molecule has 1 N–H and O–H groups in total. The quantitative estimate of drug-likeness (QED) is 0.583. The maximum absolute atomic E-state index is 12.0. The predicted octanol–water partition coefficient (Wildman–Crippen LogP) is 3.90. The first-order chi connectivity index (χ1) is 12.1. The van der Waals surface area contributed by atoms with Crippen LogP contribution in [0.1, 0.15) is 23.4 Å². The van der Waals surface area contributed by atoms with E-state index in [4.69, 9.17) is 4.52 Å². The predicted molar refractivity (Wildman–Crippen MR) is 104 cm³/mol. The van der Waals surface area contributed by atoms with Gasteiger partial charge in [0, 0.05) is 28.5 Å². The van der Waals surface area contributed by atoms with Gasteiger partial charge in [0.15, 0.2) is 0 Å². The van der Waals surface area contributed by atoms with Gasteiger partial charge in [-0.15, -0.1) is 0 Å². The first-order valence-electron chi connectivity index (χ1n) is 8.01. The van der Waals surface area contributed by atoms with E-state index in [1.807, 2.05) is 55.5 Å². The molecule has 1 heterocycles. The lowest BCUT2D eigenvalue weighted by atomic mass is 10.1. The zero-order valence-electron chi connectivity index (χ0n) is 13.8. The molecule has 2 aromatic carbocycles. The lowest BCUT2D eigenvalue weighted by Gasteiger charge is -2.04. The molecule has 1 amide bonds. The van der Waals surface area contributed by atoms with E-state index in [2.05, 4.69) is 38.0 Å². The molecular formula is C19H18IN3O2. The Morgan fingerprint density at radius 3 is 2.56 bits per heavy atom. The number of aromatic nitrogens is 2. The number of nitrogens with zero attached hydrogens (tertiary/aromatic N) is 2. The third-order valence-electron chi connectivity index (χ3n) is 3.75. The molecule has 25 heavy (non-hydrogen) atoms. The molecule has 5 nitrogen and oxygen atoms in total. The summed E-state index contributed by atoms with van der Waals surface area (Å²) in [5.74, 6) is 0.986. The van der Waals surface area contributed by atoms with E-state index in [0.717, 1.165) is 14.7 Å². The first-order valence-corrected chi connectivity index (χ1v) is 9.09. The van der Waals surface area contributed by atoms with Crippen LogP contribution in [0.15, 0.2) is 53.1 Å². The normalized spacial score (nSPS) is 10.6. The first kappa shape index (κ1) is 17.6. The van der Waals surface area contributed by atoms with E-state index in [1.165, 1.54) is 5.56 Å². The maximum Gasteiger partial charge on any atom is 0.227 e. The molecule has 0 radical (unpaired) electrons. The lowest BCUT2D eigenvalue weighted by molar-refractivity contribution is -0.121. The minimum atomic E-state index is -0.0328. The van der Waals surface area contributed by atoms with E-state index in [-0.39, 0.29) is 5.91 Å². The molecule has 0 bridgehead atoms. The molecule has 0 aliphatic heterocycles. The van der Waals surface area contributed by atoms with Crippen molar-refractivity contribution in [1.82, 2.24) is 15.5 Å². The zero-order chi connectivity index (χ0) is 17.6. The summed E-state index contributed by atoms with van der Waals surface area (Å²) in [5.41, 5.74) is 3.19. The highest BCUT2D eigenvalue weighted by molar-refractivity contribution is 14.1. The summed E-state index contributed by atoms with van der Waals surface area (Å²) in [6.07, 6.45) is 0.747. The van der Waals surface area contributed by atoms with Crippen molar-refractivity contribution in [2.24, 2.45) is 0 Å². The number of hydrogen-bond acceptors (Lipinski definition) is 4. The summed E-state index contributed by atoms with van der Waals surface area (Å²) in [6, 6.07) is 16.0. The summed E-state index contributed by atoms with van der Waals surface area (Å²) < 4.78 is 6.38. The van der Waals surface area contributed by atoms with Gasteiger partial charge in [0.05, 0.1) is 0 Å². The van der Waals surface area contributed by atoms with Gasteiger partial charge in [0.2, 0.25) is 17.6 Å². The van der Waals surface area contributed by atoms with Crippen LogP contribution in [0, 0.1) is 10.5 Å². The number of aryl methyl sites for hydroxylation is 2. The van der Waals surface area contributed by atoms with Crippen molar-refractivity contribution in [3.63, 3.8) is 0 Å². The highest BCUT2D eigenvalue weighted by atomic mass is 127. The Balaban J connectivity index is 1.49. The minimum Gasteiger partial charge on any atom is -0.352 e. The fourth-order valence-corrected chi connectivity index (χ4v) is 2.65. The molecule has 0 aliphatic carbocycles. The summed E-state index contributed by atoms with van der Waals surface area (Å²) in [5, 5.41) is 6.88. The molecule has 3 aromatic rings. The SMILES string of the molecule is Cc1ccc(CNC(=O)CCc2nc(-c3ccc(I)cc3)no2)cc1. The van der Waals surface area contributed by atoms with Crippen LogP contribution in [-0.2, 0) is 17.8 Å². The molecule has 1 aromatic heterocycles. The number of hydrogen-bond donors (Lipinski definition) is 1. The number of carbonyl (C=O) groups is 1. The Labute approximate surface area is 160 Å². The lowest BCUT2D eigenvalue weighted by Crippen LogP contribution is -2.23. The fourth-order valence-electron chi connectivity index (χ4n) is 2.29. The van der Waals surface area contributed by atoms with Gasteiger partial charge >= 0.3 is 0 Å². The molecule has 0 spiro atoms. The molecule has 0 aliphatic rings. The van der Waals surface area contributed by atoms with Gasteiger partial charge in [-0.2, -0.15) is 4.98 Å². The van der Waals surface area contributed by atoms with Crippen LogP contribution in [0.3, 0.4) is 0 Å². The molecule has 128 valence electrons. The fraction of sp³-hybridized carbons (Fsp3) is 0.211. The number of carbonyl (C=O) groups excluding carboxylic acids is 1. The van der Waals surface area contributed by atoms with Crippen LogP contribution in [0.4, 0.5) is 0 Å². The highest BCUT2D eigenvalue weighted by Crippen LogP contribution is 2.17. The highest BCUT2D eigenvalue weighted by Gasteiger charge is 2.10. The van der Waals surface area contributed by atoms with Crippen LogP contribution in [0.2, 0.25) is 0 Å². The van der Waals surface area contributed by atoms with Crippen LogP contribution in [0.25, 0.3) is 11.4 Å². The van der Waals surface area contributed by atoms with Crippen molar-refractivity contribution < 1.29 is 9.32 Å². The second kappa shape index (κ2) is 8.24. The van der Waals surface area contributed by atoms with E-state index >= 15 is 0 Å². The minimum absolute atomic E-state index is 0.0328. The average Bonchev–Trinajstić information content (AvgIpc) is 3.09. The Kier molecular flexibility index (Phi) is 5.80. The van der Waals surface area contributed by atoms with Gasteiger partial charge in [0.25, 0.3) is 0 Å². The van der Waals surface area contributed by atoms with E-state index < -0.39 is 0 Å². The average molecular weight is 447 g/mol. The second-order valence-electron chi connectivity index (χ2n) is 5.78. The van der Waals surface area contributed by atoms with E-state index in [0.29, 0.717) is 31.1 Å². The Bertz CT molecular complexity index is 842. The van der Waals surface area contributed by atoms with Crippen molar-refractivity contribution in [3.8, 4) is 11.4 Å². The molecule has 0 saturated carbocycles. The standard InChI is InChI=1S/C19H18IN3O2/c1-13-2-4-14(5-3-13)12-21-17(24)10-11-18-22-19(23-25-18)15-6-8-16(20)9-7-15/h2-9H,10-12H2,1H3,(H,21,24). The van der Waals surface area contributed by atoms with Crippen LogP contribution in [-0.4, -0.2) is 16.0 Å². The van der Waals surface area contributed by atoms with E-state index in [9.17, 15) is 4.79 Å². The molecule has 0 atom stereocenters. The summed E-state index contributed by atoms with van der Waals surface area (Å²) >= 11 is 2.25. The van der Waals surface area contributed by atoms with Crippen molar-refractivity contribution in [2.75, 3.05) is 0 Å². The molecule has 3 rings (SSSR count). The van der Waals surface area contributed by atoms with Crippen molar-refractivity contribution in [2.45, 2.75) is 26.3 Å². The van der Waals surface area contributed by atoms with Gasteiger partial charge in [-0.1, -0.05) is 47.1 Å². The largest absolute Gasteiger partial charge is 0.352 e. The number of nitrogens with one attached hydrogen (secondary N) is 1. The summed E-state index contributed by atoms with van der Waals surface area (Å²) in [7, 11) is 0. The maximum atomic E-state index is 12.0. The van der Waals surface area contributed by atoms with Gasteiger partial charge in [-0.3, -0.25) is 4.79 Å². The second-order valence-corrected chi connectivity index (χ2v) is 7.03.